The summed E-state index contributed by atoms with van der Waals surface area (Å²) in [6.07, 6.45) is 5.55. The Morgan fingerprint density at radius 2 is 2.07 bits per heavy atom. The van der Waals surface area contributed by atoms with Gasteiger partial charge in [0.1, 0.15) is 11.3 Å². The summed E-state index contributed by atoms with van der Waals surface area (Å²) in [5, 5.41) is 5.36. The Labute approximate surface area is 161 Å². The second-order valence-electron chi connectivity index (χ2n) is 6.88. The van der Waals surface area contributed by atoms with E-state index in [1.54, 1.807) is 18.5 Å². The van der Waals surface area contributed by atoms with E-state index in [9.17, 15) is 9.59 Å². The molecule has 0 unspecified atom stereocenters. The third-order valence-electron chi connectivity index (χ3n) is 4.65. The summed E-state index contributed by atoms with van der Waals surface area (Å²) >= 11 is 0. The highest BCUT2D eigenvalue weighted by Crippen LogP contribution is 2.36. The van der Waals surface area contributed by atoms with Gasteiger partial charge in [-0.25, -0.2) is 9.97 Å². The van der Waals surface area contributed by atoms with Crippen molar-refractivity contribution < 1.29 is 14.3 Å². The summed E-state index contributed by atoms with van der Waals surface area (Å²) in [5.41, 5.74) is 3.38. The number of amides is 2. The first kappa shape index (κ1) is 18.0. The average molecular weight is 379 g/mol. The topological polar surface area (TPSA) is 98.1 Å². The van der Waals surface area contributed by atoms with Gasteiger partial charge in [-0.05, 0) is 43.5 Å². The molecule has 1 saturated carbocycles. The Morgan fingerprint density at radius 1 is 1.25 bits per heavy atom. The highest BCUT2D eigenvalue weighted by atomic mass is 16.5. The monoisotopic (exact) mass is 379 g/mol. The van der Waals surface area contributed by atoms with Crippen LogP contribution in [0.4, 0.5) is 5.69 Å². The summed E-state index contributed by atoms with van der Waals surface area (Å²) in [4.78, 5) is 33.3. The summed E-state index contributed by atoms with van der Waals surface area (Å²) in [6.45, 7) is 1.76. The molecule has 1 aliphatic rings. The molecule has 0 aliphatic heterocycles. The molecule has 0 atom stereocenters. The lowest BCUT2D eigenvalue weighted by molar-refractivity contribution is -0.115. The number of hydrogen-bond donors (Lipinski definition) is 2. The number of pyridine rings is 1. The van der Waals surface area contributed by atoms with Crippen LogP contribution in [0, 0.1) is 6.92 Å². The fourth-order valence-corrected chi connectivity index (χ4v) is 3.04. The predicted octanol–water partition coefficient (Wildman–Crippen LogP) is 2.45. The van der Waals surface area contributed by atoms with E-state index in [0.29, 0.717) is 28.6 Å². The molecule has 2 amide bonds. The third kappa shape index (κ3) is 3.66. The van der Waals surface area contributed by atoms with Crippen LogP contribution in [0.3, 0.4) is 0 Å². The molecule has 1 aliphatic carbocycles. The Hall–Kier alpha value is -3.42. The molecule has 1 aromatic carbocycles. The number of nitrogens with one attached hydrogen (secondary N) is 2. The predicted molar refractivity (Wildman–Crippen MR) is 104 cm³/mol. The highest BCUT2D eigenvalue weighted by Gasteiger charge is 2.25. The molecule has 144 valence electrons. The molecule has 0 bridgehead atoms. The zero-order chi connectivity index (χ0) is 19.7. The molecule has 3 aromatic rings. The normalized spacial score (nSPS) is 13.4. The maximum atomic E-state index is 12.4. The number of carbonyl (C=O) groups is 2. The molecule has 2 aromatic heterocycles. The Balaban J connectivity index is 1.39. The van der Waals surface area contributed by atoms with Crippen LogP contribution >= 0.6 is 0 Å². The number of benzene rings is 1. The van der Waals surface area contributed by atoms with Crippen LogP contribution < -0.4 is 15.4 Å². The Morgan fingerprint density at radius 3 is 2.82 bits per heavy atom. The minimum absolute atomic E-state index is 0.162. The third-order valence-corrected chi connectivity index (χ3v) is 4.65. The highest BCUT2D eigenvalue weighted by molar-refractivity contribution is 6.00. The minimum atomic E-state index is -0.373. The molecular formula is C20H21N5O3. The van der Waals surface area contributed by atoms with Crippen molar-refractivity contribution in [1.29, 1.82) is 0 Å². The lowest BCUT2D eigenvalue weighted by Crippen LogP contribution is -2.33. The van der Waals surface area contributed by atoms with E-state index in [2.05, 4.69) is 20.6 Å². The van der Waals surface area contributed by atoms with Crippen LogP contribution in [0.2, 0.25) is 0 Å². The molecule has 0 saturated heterocycles. The molecule has 28 heavy (non-hydrogen) atoms. The fourth-order valence-electron chi connectivity index (χ4n) is 3.04. The number of nitrogens with zero attached hydrogens (tertiary/aromatic N) is 3. The first-order chi connectivity index (χ1) is 13.5. The van der Waals surface area contributed by atoms with Crippen molar-refractivity contribution in [3.8, 4) is 5.75 Å². The first-order valence-corrected chi connectivity index (χ1v) is 9.10. The van der Waals surface area contributed by atoms with Crippen LogP contribution in [-0.4, -0.2) is 40.0 Å². The lowest BCUT2D eigenvalue weighted by atomic mass is 10.2. The number of rotatable bonds is 6. The zero-order valence-electron chi connectivity index (χ0n) is 15.7. The first-order valence-electron chi connectivity index (χ1n) is 9.10. The SMILES string of the molecule is COc1ccc(C)cc1NC(=O)CNC(=O)c1cnc2c(c1)ncn2C1CC1. The summed E-state index contributed by atoms with van der Waals surface area (Å²) in [6, 6.07) is 7.65. The molecule has 0 spiro atoms. The van der Waals surface area contributed by atoms with Crippen LogP contribution in [0.25, 0.3) is 11.2 Å². The molecular weight excluding hydrogens is 358 g/mol. The van der Waals surface area contributed by atoms with Crippen LogP contribution in [-0.2, 0) is 4.79 Å². The molecule has 2 heterocycles. The van der Waals surface area contributed by atoms with Crippen molar-refractivity contribution in [2.45, 2.75) is 25.8 Å². The van der Waals surface area contributed by atoms with E-state index in [1.165, 1.54) is 13.3 Å². The molecule has 8 nitrogen and oxygen atoms in total. The van der Waals surface area contributed by atoms with Crippen molar-refractivity contribution in [2.75, 3.05) is 19.0 Å². The molecule has 0 radical (unpaired) electrons. The summed E-state index contributed by atoms with van der Waals surface area (Å²) in [5.74, 6) is -0.155. The van der Waals surface area contributed by atoms with Crippen LogP contribution in [0.15, 0.2) is 36.8 Å². The smallest absolute Gasteiger partial charge is 0.253 e. The van der Waals surface area contributed by atoms with Gasteiger partial charge in [0.05, 0.1) is 31.2 Å². The number of carbonyl (C=O) groups excluding carboxylic acids is 2. The van der Waals surface area contributed by atoms with E-state index < -0.39 is 0 Å². The Kier molecular flexibility index (Phi) is 4.68. The maximum Gasteiger partial charge on any atom is 0.253 e. The fraction of sp³-hybridized carbons (Fsp3) is 0.300. The van der Waals surface area contributed by atoms with E-state index in [0.717, 1.165) is 24.1 Å². The maximum absolute atomic E-state index is 12.4. The molecule has 1 fully saturated rings. The van der Waals surface area contributed by atoms with E-state index >= 15 is 0 Å². The summed E-state index contributed by atoms with van der Waals surface area (Å²) < 4.78 is 7.28. The van der Waals surface area contributed by atoms with Gasteiger partial charge < -0.3 is 19.9 Å². The van der Waals surface area contributed by atoms with Gasteiger partial charge in [0, 0.05) is 12.2 Å². The quantitative estimate of drug-likeness (QED) is 0.686. The average Bonchev–Trinajstić information content (AvgIpc) is 3.45. The second kappa shape index (κ2) is 7.30. The lowest BCUT2D eigenvalue weighted by Gasteiger charge is -2.11. The van der Waals surface area contributed by atoms with Crippen molar-refractivity contribution in [2.24, 2.45) is 0 Å². The number of aryl methyl sites for hydroxylation is 1. The zero-order valence-corrected chi connectivity index (χ0v) is 15.7. The molecule has 4 rings (SSSR count). The Bertz CT molecular complexity index is 1060. The van der Waals surface area contributed by atoms with E-state index in [1.807, 2.05) is 23.6 Å². The molecule has 8 heteroatoms. The number of aromatic nitrogens is 3. The number of fused-ring (bicyclic) bond motifs is 1. The number of hydrogen-bond acceptors (Lipinski definition) is 5. The van der Waals surface area contributed by atoms with Gasteiger partial charge in [-0.2, -0.15) is 0 Å². The van der Waals surface area contributed by atoms with Crippen LogP contribution in [0.5, 0.6) is 5.75 Å². The standard InChI is InChI=1S/C20H21N5O3/c1-12-3-6-17(28-2)15(7-12)24-18(26)10-22-20(27)13-8-16-19(21-9-13)25(11-23-16)14-4-5-14/h3,6-9,11,14H,4-5,10H2,1-2H3,(H,22,27)(H,24,26). The van der Waals surface area contributed by atoms with Gasteiger partial charge in [-0.3, -0.25) is 9.59 Å². The van der Waals surface area contributed by atoms with Gasteiger partial charge in [0.2, 0.25) is 5.91 Å². The van der Waals surface area contributed by atoms with E-state index in [-0.39, 0.29) is 18.4 Å². The van der Waals surface area contributed by atoms with Gasteiger partial charge in [0.15, 0.2) is 5.65 Å². The number of anilines is 1. The van der Waals surface area contributed by atoms with Gasteiger partial charge >= 0.3 is 0 Å². The molecule has 2 N–H and O–H groups in total. The number of imidazole rings is 1. The summed E-state index contributed by atoms with van der Waals surface area (Å²) in [7, 11) is 1.54. The number of ether oxygens (including phenoxy) is 1. The van der Waals surface area contributed by atoms with Gasteiger partial charge in [-0.15, -0.1) is 0 Å². The van der Waals surface area contributed by atoms with Gasteiger partial charge in [-0.1, -0.05) is 6.07 Å². The van der Waals surface area contributed by atoms with Gasteiger partial charge in [0.25, 0.3) is 5.91 Å². The van der Waals surface area contributed by atoms with Crippen molar-refractivity contribution in [1.82, 2.24) is 19.9 Å². The number of methoxy groups -OCH3 is 1. The minimum Gasteiger partial charge on any atom is -0.495 e. The van der Waals surface area contributed by atoms with Crippen molar-refractivity contribution in [3.63, 3.8) is 0 Å². The van der Waals surface area contributed by atoms with Crippen molar-refractivity contribution >= 4 is 28.7 Å². The largest absolute Gasteiger partial charge is 0.495 e. The van der Waals surface area contributed by atoms with Crippen molar-refractivity contribution in [3.05, 3.63) is 47.9 Å². The van der Waals surface area contributed by atoms with E-state index in [4.69, 9.17) is 4.74 Å². The van der Waals surface area contributed by atoms with Crippen LogP contribution in [0.1, 0.15) is 34.8 Å². The second-order valence-corrected chi connectivity index (χ2v) is 6.88.